The van der Waals surface area contributed by atoms with E-state index in [1.165, 1.54) is 0 Å². The fourth-order valence-electron chi connectivity index (χ4n) is 1.58. The minimum absolute atomic E-state index is 0.318. The first kappa shape index (κ1) is 10.1. The molecule has 1 atom stereocenters. The van der Waals surface area contributed by atoms with Crippen LogP contribution in [0.4, 0.5) is 0 Å². The maximum Gasteiger partial charge on any atom is 0.169 e. The van der Waals surface area contributed by atoms with Crippen molar-refractivity contribution in [3.8, 4) is 11.5 Å². The zero-order valence-corrected chi connectivity index (χ0v) is 9.41. The molecule has 1 unspecified atom stereocenters. The fourth-order valence-corrected chi connectivity index (χ4v) is 1.58. The molecule has 1 aliphatic rings. The molecule has 0 fully saturated rings. The highest BCUT2D eigenvalue weighted by Crippen LogP contribution is 2.42. The average Bonchev–Trinajstić information content (AvgIpc) is 2.19. The second-order valence-electron chi connectivity index (χ2n) is 4.34. The van der Waals surface area contributed by atoms with Gasteiger partial charge in [0.25, 0.3) is 0 Å². The molecule has 0 aromatic heterocycles. The van der Waals surface area contributed by atoms with Gasteiger partial charge in [-0.3, -0.25) is 0 Å². The van der Waals surface area contributed by atoms with Crippen molar-refractivity contribution in [1.29, 1.82) is 0 Å². The summed E-state index contributed by atoms with van der Waals surface area (Å²) in [5.74, 6) is 2.54. The van der Waals surface area contributed by atoms with Gasteiger partial charge in [-0.1, -0.05) is 32.6 Å². The van der Waals surface area contributed by atoms with Crippen LogP contribution in [0.1, 0.15) is 20.8 Å². The molecule has 1 aromatic rings. The van der Waals surface area contributed by atoms with Gasteiger partial charge in [-0.25, -0.2) is 0 Å². The molecular formula is C13H16O2. The van der Waals surface area contributed by atoms with E-state index in [1.54, 1.807) is 0 Å². The van der Waals surface area contributed by atoms with Gasteiger partial charge in [-0.15, -0.1) is 0 Å². The third-order valence-corrected chi connectivity index (χ3v) is 3.06. The van der Waals surface area contributed by atoms with Gasteiger partial charge in [0, 0.05) is 5.92 Å². The molecule has 0 bridgehead atoms. The molecule has 2 nitrogen and oxygen atoms in total. The number of hydrogen-bond acceptors (Lipinski definition) is 2. The van der Waals surface area contributed by atoms with E-state index in [9.17, 15) is 0 Å². The minimum atomic E-state index is -0.436. The SMILES string of the molecule is C=C1Oc2ccccc2OC1(C)C(C)C. The summed E-state index contributed by atoms with van der Waals surface area (Å²) in [4.78, 5) is 0. The van der Waals surface area contributed by atoms with Gasteiger partial charge in [0.2, 0.25) is 0 Å². The second-order valence-corrected chi connectivity index (χ2v) is 4.34. The van der Waals surface area contributed by atoms with Crippen molar-refractivity contribution >= 4 is 0 Å². The maximum absolute atomic E-state index is 5.97. The van der Waals surface area contributed by atoms with E-state index in [4.69, 9.17) is 9.47 Å². The van der Waals surface area contributed by atoms with Crippen molar-refractivity contribution < 1.29 is 9.47 Å². The van der Waals surface area contributed by atoms with Gasteiger partial charge in [0.1, 0.15) is 5.76 Å². The summed E-state index contributed by atoms with van der Waals surface area (Å²) in [6, 6.07) is 7.67. The highest BCUT2D eigenvalue weighted by Gasteiger charge is 2.40. The lowest BCUT2D eigenvalue weighted by atomic mass is 9.89. The summed E-state index contributed by atoms with van der Waals surface area (Å²) < 4.78 is 11.7. The molecule has 0 aliphatic carbocycles. The van der Waals surface area contributed by atoms with Crippen molar-refractivity contribution in [2.24, 2.45) is 5.92 Å². The molecule has 15 heavy (non-hydrogen) atoms. The monoisotopic (exact) mass is 204 g/mol. The molecule has 0 N–H and O–H groups in total. The number of ether oxygens (including phenoxy) is 2. The highest BCUT2D eigenvalue weighted by atomic mass is 16.6. The Labute approximate surface area is 90.5 Å². The first-order valence-corrected chi connectivity index (χ1v) is 5.19. The molecule has 2 heteroatoms. The van der Waals surface area contributed by atoms with Crippen LogP contribution in [0.2, 0.25) is 0 Å². The molecule has 1 aromatic carbocycles. The molecule has 0 saturated carbocycles. The second kappa shape index (κ2) is 3.30. The molecule has 80 valence electrons. The summed E-state index contributed by atoms with van der Waals surface area (Å²) in [5, 5.41) is 0. The Morgan fingerprint density at radius 1 is 1.20 bits per heavy atom. The lowest BCUT2D eigenvalue weighted by molar-refractivity contribution is 0.0192. The zero-order chi connectivity index (χ0) is 11.1. The number of benzene rings is 1. The van der Waals surface area contributed by atoms with E-state index in [0.29, 0.717) is 11.7 Å². The normalized spacial score (nSPS) is 24.4. The lowest BCUT2D eigenvalue weighted by Crippen LogP contribution is -2.44. The van der Waals surface area contributed by atoms with Crippen LogP contribution in [0.3, 0.4) is 0 Å². The Morgan fingerprint density at radius 2 is 1.80 bits per heavy atom. The van der Waals surface area contributed by atoms with Crippen LogP contribution >= 0.6 is 0 Å². The van der Waals surface area contributed by atoms with Crippen LogP contribution in [0, 0.1) is 5.92 Å². The van der Waals surface area contributed by atoms with E-state index >= 15 is 0 Å². The minimum Gasteiger partial charge on any atom is -0.475 e. The van der Waals surface area contributed by atoms with Crippen LogP contribution in [0.5, 0.6) is 11.5 Å². The van der Waals surface area contributed by atoms with Gasteiger partial charge in [0.15, 0.2) is 17.1 Å². The van der Waals surface area contributed by atoms with Crippen LogP contribution < -0.4 is 9.47 Å². The van der Waals surface area contributed by atoms with Gasteiger partial charge < -0.3 is 9.47 Å². The van der Waals surface area contributed by atoms with Crippen molar-refractivity contribution in [2.45, 2.75) is 26.4 Å². The topological polar surface area (TPSA) is 18.5 Å². The van der Waals surface area contributed by atoms with Gasteiger partial charge >= 0.3 is 0 Å². The van der Waals surface area contributed by atoms with Crippen LogP contribution in [0.15, 0.2) is 36.6 Å². The summed E-state index contributed by atoms with van der Waals surface area (Å²) in [7, 11) is 0. The summed E-state index contributed by atoms with van der Waals surface area (Å²) >= 11 is 0. The van der Waals surface area contributed by atoms with Crippen molar-refractivity contribution in [2.75, 3.05) is 0 Å². The molecule has 0 spiro atoms. The quantitative estimate of drug-likeness (QED) is 0.698. The van der Waals surface area contributed by atoms with E-state index in [-0.39, 0.29) is 0 Å². The van der Waals surface area contributed by atoms with E-state index < -0.39 is 5.60 Å². The Morgan fingerprint density at radius 3 is 2.40 bits per heavy atom. The molecule has 0 amide bonds. The Bertz CT molecular complexity index is 395. The summed E-state index contributed by atoms with van der Waals surface area (Å²) in [6.07, 6.45) is 0. The molecular weight excluding hydrogens is 188 g/mol. The number of hydrogen-bond donors (Lipinski definition) is 0. The van der Waals surface area contributed by atoms with Crippen molar-refractivity contribution in [3.63, 3.8) is 0 Å². The fraction of sp³-hybridized carbons (Fsp3) is 0.385. The summed E-state index contributed by atoms with van der Waals surface area (Å²) in [5.41, 5.74) is -0.436. The number of fused-ring (bicyclic) bond motifs is 1. The molecule has 0 radical (unpaired) electrons. The third kappa shape index (κ3) is 1.50. The molecule has 0 saturated heterocycles. The van der Waals surface area contributed by atoms with E-state index in [0.717, 1.165) is 11.5 Å². The van der Waals surface area contributed by atoms with Crippen LogP contribution in [-0.4, -0.2) is 5.60 Å². The average molecular weight is 204 g/mol. The Hall–Kier alpha value is -1.44. The largest absolute Gasteiger partial charge is 0.475 e. The standard InChI is InChI=1S/C13H16O2/c1-9(2)13(4)10(3)14-11-7-5-6-8-12(11)15-13/h5-9H,3H2,1-2,4H3. The zero-order valence-electron chi connectivity index (χ0n) is 9.41. The molecule has 2 rings (SSSR count). The van der Waals surface area contributed by atoms with Gasteiger partial charge in [-0.2, -0.15) is 0 Å². The Balaban J connectivity index is 2.42. The molecule has 1 aliphatic heterocycles. The number of rotatable bonds is 1. The molecule has 1 heterocycles. The van der Waals surface area contributed by atoms with Gasteiger partial charge in [0.05, 0.1) is 0 Å². The van der Waals surface area contributed by atoms with Crippen molar-refractivity contribution in [3.05, 3.63) is 36.6 Å². The van der Waals surface area contributed by atoms with Crippen LogP contribution in [0.25, 0.3) is 0 Å². The van der Waals surface area contributed by atoms with Gasteiger partial charge in [-0.05, 0) is 19.1 Å². The van der Waals surface area contributed by atoms with E-state index in [2.05, 4.69) is 20.4 Å². The smallest absolute Gasteiger partial charge is 0.169 e. The third-order valence-electron chi connectivity index (χ3n) is 3.06. The first-order valence-electron chi connectivity index (χ1n) is 5.19. The highest BCUT2D eigenvalue weighted by molar-refractivity contribution is 5.44. The maximum atomic E-state index is 5.97. The van der Waals surface area contributed by atoms with Crippen molar-refractivity contribution in [1.82, 2.24) is 0 Å². The Kier molecular flexibility index (Phi) is 2.22. The van der Waals surface area contributed by atoms with E-state index in [1.807, 2.05) is 31.2 Å². The number of para-hydroxylation sites is 2. The predicted octanol–water partition coefficient (Wildman–Crippen LogP) is 3.39. The first-order chi connectivity index (χ1) is 7.04. The summed E-state index contributed by atoms with van der Waals surface area (Å²) in [6.45, 7) is 10.1. The van der Waals surface area contributed by atoms with Crippen LogP contribution in [-0.2, 0) is 0 Å². The lowest BCUT2D eigenvalue weighted by Gasteiger charge is -2.39. The predicted molar refractivity (Wildman–Crippen MR) is 60.1 cm³/mol.